The molecule has 16 heavy (non-hydrogen) atoms. The van der Waals surface area contributed by atoms with E-state index in [-0.39, 0.29) is 0 Å². The standard InChI is InChI=1S/C12H26O3Si/c1-4-7-14-16(6-3,15-8-5-2)11-12-9-13-10-12/h12H,4-11H2,1-3H3. The molecule has 96 valence electrons. The van der Waals surface area contributed by atoms with E-state index < -0.39 is 8.56 Å². The van der Waals surface area contributed by atoms with Crippen molar-refractivity contribution in [3.05, 3.63) is 0 Å². The molecule has 4 heteroatoms. The Morgan fingerprint density at radius 2 is 1.62 bits per heavy atom. The molecule has 0 spiro atoms. The molecule has 0 aromatic carbocycles. The first-order valence-electron chi connectivity index (χ1n) is 6.62. The minimum absolute atomic E-state index is 0.681. The van der Waals surface area contributed by atoms with Crippen LogP contribution in [0, 0.1) is 5.92 Å². The lowest BCUT2D eigenvalue weighted by atomic mass is 10.1. The lowest BCUT2D eigenvalue weighted by molar-refractivity contribution is -0.0278. The zero-order chi connectivity index (χ0) is 11.9. The van der Waals surface area contributed by atoms with Crippen molar-refractivity contribution in [2.75, 3.05) is 26.4 Å². The van der Waals surface area contributed by atoms with Crippen LogP contribution >= 0.6 is 0 Å². The Kier molecular flexibility index (Phi) is 6.57. The van der Waals surface area contributed by atoms with Gasteiger partial charge in [0.05, 0.1) is 13.2 Å². The lowest BCUT2D eigenvalue weighted by Crippen LogP contribution is -2.47. The van der Waals surface area contributed by atoms with Crippen molar-refractivity contribution < 1.29 is 13.6 Å². The van der Waals surface area contributed by atoms with Crippen molar-refractivity contribution in [1.82, 2.24) is 0 Å². The van der Waals surface area contributed by atoms with Crippen LogP contribution in [0.2, 0.25) is 12.1 Å². The van der Waals surface area contributed by atoms with Gasteiger partial charge in [-0.05, 0) is 24.9 Å². The topological polar surface area (TPSA) is 27.7 Å². The quantitative estimate of drug-likeness (QED) is 0.585. The summed E-state index contributed by atoms with van der Waals surface area (Å²) in [5.41, 5.74) is 0. The Bertz CT molecular complexity index is 175. The first-order valence-corrected chi connectivity index (χ1v) is 8.85. The molecule has 3 nitrogen and oxygen atoms in total. The van der Waals surface area contributed by atoms with E-state index in [1.807, 2.05) is 0 Å². The molecule has 0 aromatic heterocycles. The van der Waals surface area contributed by atoms with Gasteiger partial charge in [0, 0.05) is 19.1 Å². The van der Waals surface area contributed by atoms with Gasteiger partial charge in [0.15, 0.2) is 0 Å². The molecule has 1 aliphatic heterocycles. The highest BCUT2D eigenvalue weighted by atomic mass is 28.4. The fraction of sp³-hybridized carbons (Fsp3) is 1.00. The highest BCUT2D eigenvalue weighted by Crippen LogP contribution is 2.28. The molecule has 0 aromatic rings. The summed E-state index contributed by atoms with van der Waals surface area (Å²) < 4.78 is 17.4. The van der Waals surface area contributed by atoms with Gasteiger partial charge < -0.3 is 13.6 Å². The third-order valence-corrected chi connectivity index (χ3v) is 6.72. The van der Waals surface area contributed by atoms with Gasteiger partial charge in [0.1, 0.15) is 0 Å². The molecule has 0 N–H and O–H groups in total. The van der Waals surface area contributed by atoms with Gasteiger partial charge in [-0.25, -0.2) is 0 Å². The predicted molar refractivity (Wildman–Crippen MR) is 67.8 cm³/mol. The van der Waals surface area contributed by atoms with Crippen LogP contribution in [0.1, 0.15) is 33.6 Å². The molecule has 0 atom stereocenters. The molecule has 0 amide bonds. The van der Waals surface area contributed by atoms with Crippen molar-refractivity contribution in [2.24, 2.45) is 5.92 Å². The van der Waals surface area contributed by atoms with Gasteiger partial charge in [0.2, 0.25) is 0 Å². The van der Waals surface area contributed by atoms with Crippen LogP contribution in [0.3, 0.4) is 0 Å². The fourth-order valence-corrected chi connectivity index (χ4v) is 5.21. The molecule has 1 fully saturated rings. The highest BCUT2D eigenvalue weighted by Gasteiger charge is 2.40. The molecule has 1 heterocycles. The van der Waals surface area contributed by atoms with Gasteiger partial charge in [-0.1, -0.05) is 20.8 Å². The Labute approximate surface area is 101 Å². The molecule has 0 bridgehead atoms. The van der Waals surface area contributed by atoms with E-state index in [4.69, 9.17) is 13.6 Å². The maximum atomic E-state index is 6.10. The van der Waals surface area contributed by atoms with E-state index in [2.05, 4.69) is 20.8 Å². The predicted octanol–water partition coefficient (Wildman–Crippen LogP) is 2.95. The average Bonchev–Trinajstić information content (AvgIpc) is 2.26. The molecule has 0 aliphatic carbocycles. The van der Waals surface area contributed by atoms with E-state index in [1.54, 1.807) is 0 Å². The Morgan fingerprint density at radius 1 is 1.06 bits per heavy atom. The number of hydrogen-bond acceptors (Lipinski definition) is 3. The van der Waals surface area contributed by atoms with Crippen molar-refractivity contribution in [1.29, 1.82) is 0 Å². The van der Waals surface area contributed by atoms with Crippen LogP contribution in [-0.2, 0) is 13.6 Å². The minimum Gasteiger partial charge on any atom is -0.394 e. The SMILES string of the molecule is CCCO[Si](CC)(CC1COC1)OCCC. The van der Waals surface area contributed by atoms with Crippen LogP contribution in [0.5, 0.6) is 0 Å². The number of rotatable bonds is 9. The van der Waals surface area contributed by atoms with E-state index in [1.165, 1.54) is 0 Å². The zero-order valence-electron chi connectivity index (χ0n) is 11.0. The molecule has 0 saturated carbocycles. The van der Waals surface area contributed by atoms with Crippen molar-refractivity contribution in [3.8, 4) is 0 Å². The maximum absolute atomic E-state index is 6.10. The molecular formula is C12H26O3Si. The summed E-state index contributed by atoms with van der Waals surface area (Å²) >= 11 is 0. The van der Waals surface area contributed by atoms with Gasteiger partial charge >= 0.3 is 8.56 Å². The number of ether oxygens (including phenoxy) is 1. The van der Waals surface area contributed by atoms with Crippen LogP contribution < -0.4 is 0 Å². The third-order valence-electron chi connectivity index (χ3n) is 2.98. The minimum atomic E-state index is -1.92. The largest absolute Gasteiger partial charge is 0.394 e. The van der Waals surface area contributed by atoms with Gasteiger partial charge in [-0.15, -0.1) is 0 Å². The van der Waals surface area contributed by atoms with E-state index >= 15 is 0 Å². The zero-order valence-corrected chi connectivity index (χ0v) is 12.0. The van der Waals surface area contributed by atoms with Crippen LogP contribution in [0.4, 0.5) is 0 Å². The summed E-state index contributed by atoms with van der Waals surface area (Å²) in [6.07, 6.45) is 2.15. The molecule has 0 radical (unpaired) electrons. The van der Waals surface area contributed by atoms with Gasteiger partial charge in [-0.2, -0.15) is 0 Å². The Balaban J connectivity index is 2.46. The summed E-state index contributed by atoms with van der Waals surface area (Å²) in [5.74, 6) is 0.681. The molecular weight excluding hydrogens is 220 g/mol. The smallest absolute Gasteiger partial charge is 0.338 e. The normalized spacial score (nSPS) is 17.4. The molecule has 1 rings (SSSR count). The first kappa shape index (κ1) is 14.2. The van der Waals surface area contributed by atoms with Crippen molar-refractivity contribution in [2.45, 2.75) is 45.7 Å². The third kappa shape index (κ3) is 4.16. The van der Waals surface area contributed by atoms with Crippen LogP contribution in [-0.4, -0.2) is 35.0 Å². The maximum Gasteiger partial charge on any atom is 0.338 e. The fourth-order valence-electron chi connectivity index (χ4n) is 1.93. The van der Waals surface area contributed by atoms with Crippen LogP contribution in [0.15, 0.2) is 0 Å². The lowest BCUT2D eigenvalue weighted by Gasteiger charge is -2.36. The van der Waals surface area contributed by atoms with Crippen molar-refractivity contribution in [3.63, 3.8) is 0 Å². The summed E-state index contributed by atoms with van der Waals surface area (Å²) in [7, 11) is -1.92. The van der Waals surface area contributed by atoms with E-state index in [0.717, 1.165) is 51.4 Å². The summed E-state index contributed by atoms with van der Waals surface area (Å²) in [6, 6.07) is 2.17. The average molecular weight is 246 g/mol. The van der Waals surface area contributed by atoms with Gasteiger partial charge in [-0.3, -0.25) is 0 Å². The second kappa shape index (κ2) is 7.43. The second-order valence-corrected chi connectivity index (χ2v) is 8.08. The highest BCUT2D eigenvalue weighted by molar-refractivity contribution is 6.67. The van der Waals surface area contributed by atoms with E-state index in [0.29, 0.717) is 5.92 Å². The molecule has 0 unspecified atom stereocenters. The summed E-state index contributed by atoms with van der Waals surface area (Å²) in [4.78, 5) is 0. The summed E-state index contributed by atoms with van der Waals surface area (Å²) in [6.45, 7) is 10.0. The Morgan fingerprint density at radius 3 is 1.94 bits per heavy atom. The van der Waals surface area contributed by atoms with E-state index in [9.17, 15) is 0 Å². The molecule has 1 saturated heterocycles. The number of hydrogen-bond donors (Lipinski definition) is 0. The first-order chi connectivity index (χ1) is 7.76. The van der Waals surface area contributed by atoms with Gasteiger partial charge in [0.25, 0.3) is 0 Å². The summed E-state index contributed by atoms with van der Waals surface area (Å²) in [5, 5.41) is 0. The second-order valence-electron chi connectivity index (χ2n) is 4.57. The Hall–Kier alpha value is 0.0969. The monoisotopic (exact) mass is 246 g/mol. The van der Waals surface area contributed by atoms with Crippen molar-refractivity contribution >= 4 is 8.56 Å². The van der Waals surface area contributed by atoms with Crippen LogP contribution in [0.25, 0.3) is 0 Å². The molecule has 1 aliphatic rings.